The fourth-order valence-electron chi connectivity index (χ4n) is 3.66. The van der Waals surface area contributed by atoms with E-state index in [1.807, 2.05) is 60.9 Å². The molecule has 30 heavy (non-hydrogen) atoms. The van der Waals surface area contributed by atoms with Gasteiger partial charge >= 0.3 is 0 Å². The quantitative estimate of drug-likeness (QED) is 0.497. The van der Waals surface area contributed by atoms with Crippen molar-refractivity contribution in [2.75, 3.05) is 25.7 Å². The number of ether oxygens (including phenoxy) is 2. The summed E-state index contributed by atoms with van der Waals surface area (Å²) in [4.78, 5) is 11.5. The molecule has 0 fully saturated rings. The molecule has 5 rings (SSSR count). The van der Waals surface area contributed by atoms with Crippen molar-refractivity contribution in [3.63, 3.8) is 0 Å². The number of fused-ring (bicyclic) bond motifs is 1. The van der Waals surface area contributed by atoms with Crippen LogP contribution >= 0.6 is 0 Å². The highest BCUT2D eigenvalue weighted by Gasteiger charge is 2.24. The van der Waals surface area contributed by atoms with Crippen molar-refractivity contribution in [2.45, 2.75) is 13.1 Å². The predicted molar refractivity (Wildman–Crippen MR) is 114 cm³/mol. The van der Waals surface area contributed by atoms with E-state index in [2.05, 4.69) is 14.5 Å². The van der Waals surface area contributed by atoms with Gasteiger partial charge in [-0.3, -0.25) is 0 Å². The molecule has 0 spiro atoms. The van der Waals surface area contributed by atoms with E-state index in [1.165, 1.54) is 0 Å². The number of anilines is 1. The smallest absolute Gasteiger partial charge is 0.298 e. The van der Waals surface area contributed by atoms with E-state index in [4.69, 9.17) is 18.9 Å². The normalized spacial score (nSPS) is 13.2. The Labute approximate surface area is 174 Å². The van der Waals surface area contributed by atoms with E-state index in [0.29, 0.717) is 12.6 Å². The number of aromatic nitrogens is 3. The lowest BCUT2D eigenvalue weighted by Crippen LogP contribution is -2.33. The van der Waals surface area contributed by atoms with Gasteiger partial charge in [0.15, 0.2) is 5.76 Å². The van der Waals surface area contributed by atoms with Gasteiger partial charge in [-0.1, -0.05) is 0 Å². The zero-order valence-corrected chi connectivity index (χ0v) is 16.9. The van der Waals surface area contributed by atoms with E-state index >= 15 is 0 Å². The van der Waals surface area contributed by atoms with E-state index in [-0.39, 0.29) is 0 Å². The summed E-state index contributed by atoms with van der Waals surface area (Å²) in [6.45, 7) is 2.33. The fourth-order valence-corrected chi connectivity index (χ4v) is 3.66. The second-order valence-electron chi connectivity index (χ2n) is 7.09. The van der Waals surface area contributed by atoms with Gasteiger partial charge < -0.3 is 23.4 Å². The average molecular weight is 402 g/mol. The Morgan fingerprint density at radius 2 is 1.53 bits per heavy atom. The van der Waals surface area contributed by atoms with Crippen molar-refractivity contribution >= 4 is 6.01 Å². The van der Waals surface area contributed by atoms with Gasteiger partial charge in [-0.05, 0) is 48.5 Å². The summed E-state index contributed by atoms with van der Waals surface area (Å²) in [5.41, 5.74) is 2.71. The van der Waals surface area contributed by atoms with Crippen LogP contribution in [0.3, 0.4) is 0 Å². The van der Waals surface area contributed by atoms with Crippen LogP contribution in [0.15, 0.2) is 65.3 Å². The molecule has 0 atom stereocenters. The zero-order valence-electron chi connectivity index (χ0n) is 16.9. The Balaban J connectivity index is 1.56. The van der Waals surface area contributed by atoms with Gasteiger partial charge in [0.05, 0.1) is 20.8 Å². The highest BCUT2D eigenvalue weighted by molar-refractivity contribution is 5.78. The van der Waals surface area contributed by atoms with Gasteiger partial charge in [0.2, 0.25) is 0 Å². The molecule has 1 aliphatic rings. The Hall–Kier alpha value is -3.74. The van der Waals surface area contributed by atoms with E-state index in [0.717, 1.165) is 53.0 Å². The molecule has 3 heterocycles. The topological polar surface area (TPSA) is 65.5 Å². The lowest BCUT2D eigenvalue weighted by atomic mass is 10.1. The van der Waals surface area contributed by atoms with Gasteiger partial charge in [-0.15, -0.1) is 0 Å². The van der Waals surface area contributed by atoms with Crippen LogP contribution in [0.5, 0.6) is 11.5 Å². The number of benzene rings is 2. The highest BCUT2D eigenvalue weighted by Crippen LogP contribution is 2.37. The molecule has 2 aromatic carbocycles. The van der Waals surface area contributed by atoms with E-state index < -0.39 is 0 Å². The molecule has 0 radical (unpaired) electrons. The molecular formula is C23H22N4O3. The molecule has 2 aromatic heterocycles. The highest BCUT2D eigenvalue weighted by atomic mass is 16.5. The maximum atomic E-state index is 6.32. The van der Waals surface area contributed by atoms with Crippen molar-refractivity contribution in [1.82, 2.24) is 14.5 Å². The molecule has 0 unspecified atom stereocenters. The first-order valence-corrected chi connectivity index (χ1v) is 9.80. The molecule has 0 aliphatic carbocycles. The monoisotopic (exact) mass is 402 g/mol. The standard InChI is InChI=1S/C23H22N4O3/c1-28-18-7-3-16(4-8-18)21-22(17-5-9-19(29-2)10-6-17)30-23(25-21)27-14-13-26-12-11-24-20(26)15-27/h3-12H,13-15H2,1-2H3. The molecule has 7 nitrogen and oxygen atoms in total. The molecule has 0 bridgehead atoms. The number of nitrogens with zero attached hydrogens (tertiary/aromatic N) is 4. The van der Waals surface area contributed by atoms with E-state index in [1.54, 1.807) is 14.2 Å². The third-order valence-electron chi connectivity index (χ3n) is 5.35. The molecule has 7 heteroatoms. The van der Waals surface area contributed by atoms with Crippen molar-refractivity contribution in [2.24, 2.45) is 0 Å². The minimum atomic E-state index is 0.598. The Bertz CT molecular complexity index is 1080. The summed E-state index contributed by atoms with van der Waals surface area (Å²) in [5.74, 6) is 3.34. The van der Waals surface area contributed by atoms with Crippen LogP contribution in [0, 0.1) is 0 Å². The van der Waals surface area contributed by atoms with E-state index in [9.17, 15) is 0 Å². The number of rotatable bonds is 5. The molecular weight excluding hydrogens is 380 g/mol. The molecule has 0 saturated heterocycles. The Morgan fingerprint density at radius 1 is 0.867 bits per heavy atom. The Kier molecular flexibility index (Phi) is 4.63. The number of hydrogen-bond acceptors (Lipinski definition) is 6. The molecule has 1 aliphatic heterocycles. The van der Waals surface area contributed by atoms with Crippen LogP contribution in [-0.2, 0) is 13.1 Å². The van der Waals surface area contributed by atoms with Gasteiger partial charge in [0.25, 0.3) is 6.01 Å². The number of hydrogen-bond donors (Lipinski definition) is 0. The molecule has 4 aromatic rings. The molecule has 152 valence electrons. The predicted octanol–water partition coefficient (Wildman–Crippen LogP) is 4.24. The second-order valence-corrected chi connectivity index (χ2v) is 7.09. The fraction of sp³-hybridized carbons (Fsp3) is 0.217. The maximum Gasteiger partial charge on any atom is 0.298 e. The van der Waals surface area contributed by atoms with Crippen LogP contribution in [0.4, 0.5) is 6.01 Å². The lowest BCUT2D eigenvalue weighted by molar-refractivity contribution is 0.414. The van der Waals surface area contributed by atoms with Gasteiger partial charge in [0, 0.05) is 36.6 Å². The largest absolute Gasteiger partial charge is 0.497 e. The third-order valence-corrected chi connectivity index (χ3v) is 5.35. The molecule has 0 amide bonds. The van der Waals surface area contributed by atoms with Crippen LogP contribution < -0.4 is 14.4 Å². The number of oxazole rings is 1. The van der Waals surface area contributed by atoms with Crippen molar-refractivity contribution in [3.8, 4) is 34.1 Å². The maximum absolute atomic E-state index is 6.32. The first kappa shape index (κ1) is 18.3. The average Bonchev–Trinajstić information content (AvgIpc) is 3.46. The number of imidazole rings is 1. The summed E-state index contributed by atoms with van der Waals surface area (Å²) in [5, 5.41) is 0. The third kappa shape index (κ3) is 3.28. The summed E-state index contributed by atoms with van der Waals surface area (Å²) >= 11 is 0. The zero-order chi connectivity index (χ0) is 20.5. The van der Waals surface area contributed by atoms with Crippen molar-refractivity contribution < 1.29 is 13.9 Å². The van der Waals surface area contributed by atoms with Crippen molar-refractivity contribution in [1.29, 1.82) is 0 Å². The first-order chi connectivity index (χ1) is 14.7. The van der Waals surface area contributed by atoms with Crippen LogP contribution in [0.1, 0.15) is 5.82 Å². The second kappa shape index (κ2) is 7.59. The first-order valence-electron chi connectivity index (χ1n) is 9.80. The van der Waals surface area contributed by atoms with Crippen molar-refractivity contribution in [3.05, 3.63) is 66.7 Å². The van der Waals surface area contributed by atoms with Gasteiger partial charge in [-0.25, -0.2) is 4.98 Å². The summed E-state index contributed by atoms with van der Waals surface area (Å²) in [6.07, 6.45) is 3.84. The molecule has 0 N–H and O–H groups in total. The van der Waals surface area contributed by atoms with Gasteiger partial charge in [-0.2, -0.15) is 4.98 Å². The summed E-state index contributed by atoms with van der Waals surface area (Å²) in [6, 6.07) is 16.3. The SMILES string of the molecule is COc1ccc(-c2nc(N3CCn4ccnc4C3)oc2-c2ccc(OC)cc2)cc1. The Morgan fingerprint density at radius 3 is 2.20 bits per heavy atom. The van der Waals surface area contributed by atoms with Gasteiger partial charge in [0.1, 0.15) is 23.0 Å². The minimum absolute atomic E-state index is 0.598. The van der Waals surface area contributed by atoms with Crippen LogP contribution in [-0.4, -0.2) is 35.3 Å². The molecule has 0 saturated carbocycles. The van der Waals surface area contributed by atoms with Crippen LogP contribution in [0.2, 0.25) is 0 Å². The number of methoxy groups -OCH3 is 2. The summed E-state index contributed by atoms with van der Waals surface area (Å²) < 4.78 is 19.1. The lowest BCUT2D eigenvalue weighted by Gasteiger charge is -2.26. The minimum Gasteiger partial charge on any atom is -0.497 e. The van der Waals surface area contributed by atoms with Crippen LogP contribution in [0.25, 0.3) is 22.6 Å². The summed E-state index contributed by atoms with van der Waals surface area (Å²) in [7, 11) is 3.32.